The zero-order valence-electron chi connectivity index (χ0n) is 10.4. The molecule has 0 spiro atoms. The standard InChI is InChI=1S/C13H17BrN2O.ClH/c1-16(12(17)13(15)7-2-8-13)9-10-3-5-11(14)6-4-10;/h3-6H,2,7-9,15H2,1H3;1H. The highest BCUT2D eigenvalue weighted by atomic mass is 79.9. The highest BCUT2D eigenvalue weighted by Crippen LogP contribution is 2.31. The van der Waals surface area contributed by atoms with Crippen LogP contribution in [0.15, 0.2) is 28.7 Å². The number of carbonyl (C=O) groups excluding carboxylic acids is 1. The first kappa shape index (κ1) is 15.5. The second kappa shape index (κ2) is 6.04. The Balaban J connectivity index is 0.00000162. The van der Waals surface area contributed by atoms with Crippen LogP contribution < -0.4 is 5.73 Å². The Bertz CT molecular complexity index is 418. The number of benzene rings is 1. The molecule has 18 heavy (non-hydrogen) atoms. The van der Waals surface area contributed by atoms with Gasteiger partial charge in [0.1, 0.15) is 0 Å². The number of halogens is 2. The average molecular weight is 334 g/mol. The molecule has 1 aliphatic rings. The maximum Gasteiger partial charge on any atom is 0.242 e. The van der Waals surface area contributed by atoms with Crippen LogP contribution in [0.25, 0.3) is 0 Å². The molecular weight excluding hydrogens is 316 g/mol. The molecule has 0 unspecified atom stereocenters. The number of rotatable bonds is 3. The fourth-order valence-electron chi connectivity index (χ4n) is 2.09. The molecule has 1 aromatic rings. The highest BCUT2D eigenvalue weighted by molar-refractivity contribution is 9.10. The van der Waals surface area contributed by atoms with Crippen molar-refractivity contribution in [3.8, 4) is 0 Å². The SMILES string of the molecule is CN(Cc1ccc(Br)cc1)C(=O)C1(N)CCC1.Cl. The monoisotopic (exact) mass is 332 g/mol. The van der Waals surface area contributed by atoms with E-state index in [0.717, 1.165) is 29.3 Å². The number of hydrogen-bond acceptors (Lipinski definition) is 2. The molecule has 1 aliphatic carbocycles. The molecule has 3 nitrogen and oxygen atoms in total. The minimum atomic E-state index is -0.593. The fraction of sp³-hybridized carbons (Fsp3) is 0.462. The van der Waals surface area contributed by atoms with Crippen LogP contribution in [-0.4, -0.2) is 23.4 Å². The number of nitrogens with zero attached hydrogens (tertiary/aromatic N) is 1. The summed E-state index contributed by atoms with van der Waals surface area (Å²) in [5.41, 5.74) is 6.55. The summed E-state index contributed by atoms with van der Waals surface area (Å²) in [7, 11) is 1.82. The number of nitrogens with two attached hydrogens (primary N) is 1. The van der Waals surface area contributed by atoms with Crippen molar-refractivity contribution >= 4 is 34.2 Å². The number of hydrogen-bond donors (Lipinski definition) is 1. The van der Waals surface area contributed by atoms with Gasteiger partial charge in [0.05, 0.1) is 5.54 Å². The van der Waals surface area contributed by atoms with E-state index in [1.165, 1.54) is 0 Å². The first-order chi connectivity index (χ1) is 8.01. The van der Waals surface area contributed by atoms with Gasteiger partial charge in [0.2, 0.25) is 5.91 Å². The third-order valence-electron chi connectivity index (χ3n) is 3.35. The van der Waals surface area contributed by atoms with Gasteiger partial charge in [-0.2, -0.15) is 0 Å². The van der Waals surface area contributed by atoms with E-state index < -0.39 is 5.54 Å². The largest absolute Gasteiger partial charge is 0.340 e. The fourth-order valence-corrected chi connectivity index (χ4v) is 2.35. The average Bonchev–Trinajstić information content (AvgIpc) is 2.28. The summed E-state index contributed by atoms with van der Waals surface area (Å²) in [4.78, 5) is 13.8. The van der Waals surface area contributed by atoms with Gasteiger partial charge in [-0.15, -0.1) is 12.4 Å². The molecular formula is C13H18BrClN2O. The summed E-state index contributed by atoms with van der Waals surface area (Å²) in [6.07, 6.45) is 2.70. The maximum absolute atomic E-state index is 12.1. The number of carbonyl (C=O) groups is 1. The van der Waals surface area contributed by atoms with E-state index in [-0.39, 0.29) is 18.3 Å². The zero-order valence-corrected chi connectivity index (χ0v) is 12.8. The van der Waals surface area contributed by atoms with E-state index >= 15 is 0 Å². The zero-order chi connectivity index (χ0) is 12.5. The van der Waals surface area contributed by atoms with Crippen LogP contribution in [0.4, 0.5) is 0 Å². The lowest BCUT2D eigenvalue weighted by Crippen LogP contribution is -2.58. The Morgan fingerprint density at radius 3 is 2.39 bits per heavy atom. The van der Waals surface area contributed by atoms with Crippen molar-refractivity contribution in [1.29, 1.82) is 0 Å². The van der Waals surface area contributed by atoms with E-state index in [1.807, 2.05) is 31.3 Å². The second-order valence-electron chi connectivity index (χ2n) is 4.80. The number of likely N-dealkylation sites (N-methyl/N-ethyl adjacent to an activating group) is 1. The minimum Gasteiger partial charge on any atom is -0.340 e. The summed E-state index contributed by atoms with van der Waals surface area (Å²) in [6, 6.07) is 7.99. The third-order valence-corrected chi connectivity index (χ3v) is 3.88. The van der Waals surface area contributed by atoms with Gasteiger partial charge in [-0.1, -0.05) is 28.1 Å². The van der Waals surface area contributed by atoms with Crippen LogP contribution in [0.3, 0.4) is 0 Å². The first-order valence-corrected chi connectivity index (χ1v) is 6.59. The van der Waals surface area contributed by atoms with Crippen molar-refractivity contribution < 1.29 is 4.79 Å². The summed E-state index contributed by atoms with van der Waals surface area (Å²) >= 11 is 3.39. The Morgan fingerprint density at radius 2 is 1.94 bits per heavy atom. The van der Waals surface area contributed by atoms with E-state index in [0.29, 0.717) is 6.54 Å². The van der Waals surface area contributed by atoms with Crippen molar-refractivity contribution in [3.05, 3.63) is 34.3 Å². The van der Waals surface area contributed by atoms with Gasteiger partial charge in [0.15, 0.2) is 0 Å². The van der Waals surface area contributed by atoms with E-state index in [4.69, 9.17) is 5.73 Å². The number of amides is 1. The van der Waals surface area contributed by atoms with Crippen LogP contribution in [0.2, 0.25) is 0 Å². The molecule has 2 N–H and O–H groups in total. The van der Waals surface area contributed by atoms with Crippen molar-refractivity contribution in [2.45, 2.75) is 31.3 Å². The highest BCUT2D eigenvalue weighted by Gasteiger charge is 2.41. The molecule has 5 heteroatoms. The van der Waals surface area contributed by atoms with Crippen molar-refractivity contribution in [1.82, 2.24) is 4.90 Å². The molecule has 0 aliphatic heterocycles. The molecule has 0 aromatic heterocycles. The Labute approximate surface area is 122 Å². The van der Waals surface area contributed by atoms with Crippen molar-refractivity contribution in [2.24, 2.45) is 5.73 Å². The van der Waals surface area contributed by atoms with Crippen molar-refractivity contribution in [2.75, 3.05) is 7.05 Å². The predicted molar refractivity (Wildman–Crippen MR) is 78.6 cm³/mol. The molecule has 0 heterocycles. The molecule has 0 atom stereocenters. The summed E-state index contributed by atoms with van der Waals surface area (Å²) < 4.78 is 1.05. The molecule has 1 aromatic carbocycles. The van der Waals surface area contributed by atoms with Gasteiger partial charge in [-0.05, 0) is 37.0 Å². The summed E-state index contributed by atoms with van der Waals surface area (Å²) in [5, 5.41) is 0. The van der Waals surface area contributed by atoms with Crippen LogP contribution >= 0.6 is 28.3 Å². The van der Waals surface area contributed by atoms with Gasteiger partial charge in [0, 0.05) is 18.1 Å². The Kier molecular flexibility index (Phi) is 5.20. The lowest BCUT2D eigenvalue weighted by Gasteiger charge is -2.39. The van der Waals surface area contributed by atoms with Crippen LogP contribution in [0.1, 0.15) is 24.8 Å². The molecule has 1 saturated carbocycles. The Morgan fingerprint density at radius 1 is 1.39 bits per heavy atom. The molecule has 100 valence electrons. The van der Waals surface area contributed by atoms with E-state index in [2.05, 4.69) is 15.9 Å². The summed E-state index contributed by atoms with van der Waals surface area (Å²) in [6.45, 7) is 0.616. The lowest BCUT2D eigenvalue weighted by molar-refractivity contribution is -0.139. The maximum atomic E-state index is 12.1. The van der Waals surface area contributed by atoms with Crippen LogP contribution in [-0.2, 0) is 11.3 Å². The van der Waals surface area contributed by atoms with E-state index in [1.54, 1.807) is 4.90 Å². The molecule has 0 saturated heterocycles. The van der Waals surface area contributed by atoms with Crippen LogP contribution in [0.5, 0.6) is 0 Å². The molecule has 0 bridgehead atoms. The van der Waals surface area contributed by atoms with Gasteiger partial charge < -0.3 is 10.6 Å². The lowest BCUT2D eigenvalue weighted by atomic mass is 9.76. The van der Waals surface area contributed by atoms with Gasteiger partial charge in [-0.3, -0.25) is 4.79 Å². The van der Waals surface area contributed by atoms with E-state index in [9.17, 15) is 4.79 Å². The molecule has 1 fully saturated rings. The van der Waals surface area contributed by atoms with Gasteiger partial charge in [-0.25, -0.2) is 0 Å². The molecule has 0 radical (unpaired) electrons. The Hall–Kier alpha value is -0.580. The second-order valence-corrected chi connectivity index (χ2v) is 5.71. The third kappa shape index (κ3) is 3.25. The first-order valence-electron chi connectivity index (χ1n) is 5.80. The summed E-state index contributed by atoms with van der Waals surface area (Å²) in [5.74, 6) is 0.0617. The quantitative estimate of drug-likeness (QED) is 0.924. The van der Waals surface area contributed by atoms with Gasteiger partial charge >= 0.3 is 0 Å². The molecule has 2 rings (SSSR count). The topological polar surface area (TPSA) is 46.3 Å². The van der Waals surface area contributed by atoms with Gasteiger partial charge in [0.25, 0.3) is 0 Å². The van der Waals surface area contributed by atoms with Crippen molar-refractivity contribution in [3.63, 3.8) is 0 Å². The van der Waals surface area contributed by atoms with Crippen LogP contribution in [0, 0.1) is 0 Å². The molecule has 1 amide bonds. The minimum absolute atomic E-state index is 0. The normalized spacial score (nSPS) is 16.4. The smallest absolute Gasteiger partial charge is 0.242 e. The predicted octanol–water partition coefficient (Wildman–Crippen LogP) is 2.71.